The van der Waals surface area contributed by atoms with E-state index in [9.17, 15) is 8.42 Å². The summed E-state index contributed by atoms with van der Waals surface area (Å²) < 4.78 is 30.9. The molecule has 0 aliphatic carbocycles. The predicted octanol–water partition coefficient (Wildman–Crippen LogP) is 1.50. The van der Waals surface area contributed by atoms with Crippen molar-refractivity contribution in [3.63, 3.8) is 0 Å². The SMILES string of the molecule is CN(CCCOc1ccccc1)S(=O)(=O)c1cnc[nH]1. The van der Waals surface area contributed by atoms with Crippen LogP contribution in [-0.4, -0.2) is 42.9 Å². The van der Waals surface area contributed by atoms with E-state index in [2.05, 4.69) is 9.97 Å². The van der Waals surface area contributed by atoms with Gasteiger partial charge in [0.15, 0.2) is 5.03 Å². The molecule has 0 saturated carbocycles. The molecule has 0 unspecified atom stereocenters. The molecular weight excluding hydrogens is 278 g/mol. The van der Waals surface area contributed by atoms with E-state index in [1.54, 1.807) is 7.05 Å². The second-order valence-electron chi connectivity index (χ2n) is 4.26. The van der Waals surface area contributed by atoms with E-state index in [0.29, 0.717) is 19.6 Å². The van der Waals surface area contributed by atoms with Crippen LogP contribution in [0.15, 0.2) is 47.9 Å². The third-order valence-corrected chi connectivity index (χ3v) is 4.57. The monoisotopic (exact) mass is 295 g/mol. The summed E-state index contributed by atoms with van der Waals surface area (Å²) in [6, 6.07) is 9.43. The molecule has 20 heavy (non-hydrogen) atoms. The predicted molar refractivity (Wildman–Crippen MR) is 75.0 cm³/mol. The van der Waals surface area contributed by atoms with E-state index >= 15 is 0 Å². The Labute approximate surface area is 118 Å². The zero-order valence-corrected chi connectivity index (χ0v) is 12.0. The fourth-order valence-corrected chi connectivity index (χ4v) is 2.77. The van der Waals surface area contributed by atoms with Crippen LogP contribution in [0.4, 0.5) is 0 Å². The lowest BCUT2D eigenvalue weighted by atomic mass is 10.3. The Kier molecular flexibility index (Phi) is 4.75. The van der Waals surface area contributed by atoms with E-state index in [-0.39, 0.29) is 5.03 Å². The number of hydrogen-bond acceptors (Lipinski definition) is 4. The highest BCUT2D eigenvalue weighted by Gasteiger charge is 2.21. The van der Waals surface area contributed by atoms with E-state index < -0.39 is 10.0 Å². The first-order chi connectivity index (χ1) is 9.60. The van der Waals surface area contributed by atoms with Crippen molar-refractivity contribution in [1.82, 2.24) is 14.3 Å². The van der Waals surface area contributed by atoms with Crippen LogP contribution in [0.5, 0.6) is 5.75 Å². The van der Waals surface area contributed by atoms with Crippen molar-refractivity contribution < 1.29 is 13.2 Å². The van der Waals surface area contributed by atoms with Gasteiger partial charge in [-0.25, -0.2) is 13.4 Å². The molecule has 2 rings (SSSR count). The molecule has 0 bridgehead atoms. The first-order valence-electron chi connectivity index (χ1n) is 6.23. The van der Waals surface area contributed by atoms with E-state index in [1.165, 1.54) is 16.8 Å². The molecule has 1 aromatic carbocycles. The fraction of sp³-hybridized carbons (Fsp3) is 0.308. The summed E-state index contributed by atoms with van der Waals surface area (Å²) >= 11 is 0. The van der Waals surface area contributed by atoms with Gasteiger partial charge in [-0.05, 0) is 18.6 Å². The second kappa shape index (κ2) is 6.53. The number of aromatic nitrogens is 2. The first kappa shape index (κ1) is 14.5. The molecule has 0 aliphatic rings. The normalized spacial score (nSPS) is 11.7. The minimum absolute atomic E-state index is 0.101. The topological polar surface area (TPSA) is 75.3 Å². The highest BCUT2D eigenvalue weighted by Crippen LogP contribution is 2.11. The Bertz CT molecular complexity index is 612. The maximum absolute atomic E-state index is 12.1. The zero-order chi connectivity index (χ0) is 14.4. The maximum atomic E-state index is 12.1. The van der Waals surface area contributed by atoms with Crippen LogP contribution in [0, 0.1) is 0 Å². The number of benzene rings is 1. The highest BCUT2D eigenvalue weighted by molar-refractivity contribution is 7.89. The van der Waals surface area contributed by atoms with Gasteiger partial charge in [0.05, 0.1) is 19.1 Å². The molecule has 0 saturated heterocycles. The highest BCUT2D eigenvalue weighted by atomic mass is 32.2. The van der Waals surface area contributed by atoms with Crippen LogP contribution in [0.1, 0.15) is 6.42 Å². The van der Waals surface area contributed by atoms with Gasteiger partial charge in [-0.3, -0.25) is 0 Å². The third-order valence-electron chi connectivity index (χ3n) is 2.79. The van der Waals surface area contributed by atoms with Crippen molar-refractivity contribution >= 4 is 10.0 Å². The molecule has 2 aromatic rings. The van der Waals surface area contributed by atoms with E-state index in [4.69, 9.17) is 4.74 Å². The van der Waals surface area contributed by atoms with Crippen LogP contribution >= 0.6 is 0 Å². The molecule has 7 heteroatoms. The lowest BCUT2D eigenvalue weighted by Gasteiger charge is -2.15. The molecule has 0 fully saturated rings. The summed E-state index contributed by atoms with van der Waals surface area (Å²) in [6.07, 6.45) is 3.25. The Morgan fingerprint density at radius 2 is 2.05 bits per heavy atom. The number of hydrogen-bond donors (Lipinski definition) is 1. The number of sulfonamides is 1. The first-order valence-corrected chi connectivity index (χ1v) is 7.67. The van der Waals surface area contributed by atoms with Gasteiger partial charge in [-0.2, -0.15) is 4.31 Å². The maximum Gasteiger partial charge on any atom is 0.259 e. The number of rotatable bonds is 7. The molecule has 108 valence electrons. The molecule has 0 spiro atoms. The number of H-pyrrole nitrogens is 1. The van der Waals surface area contributed by atoms with Crippen molar-refractivity contribution in [2.24, 2.45) is 0 Å². The van der Waals surface area contributed by atoms with Crippen LogP contribution in [0.3, 0.4) is 0 Å². The summed E-state index contributed by atoms with van der Waals surface area (Å²) in [5.74, 6) is 0.784. The average molecular weight is 295 g/mol. The molecule has 1 heterocycles. The van der Waals surface area contributed by atoms with Crippen LogP contribution < -0.4 is 4.74 Å². The Morgan fingerprint density at radius 3 is 2.70 bits per heavy atom. The van der Waals surface area contributed by atoms with Crippen molar-refractivity contribution in [2.75, 3.05) is 20.2 Å². The smallest absolute Gasteiger partial charge is 0.259 e. The van der Waals surface area contributed by atoms with Gasteiger partial charge in [0.1, 0.15) is 5.75 Å². The van der Waals surface area contributed by atoms with Gasteiger partial charge in [0.25, 0.3) is 10.0 Å². The lowest BCUT2D eigenvalue weighted by molar-refractivity contribution is 0.296. The minimum atomic E-state index is -3.48. The van der Waals surface area contributed by atoms with Gasteiger partial charge >= 0.3 is 0 Å². The van der Waals surface area contributed by atoms with Gasteiger partial charge in [-0.1, -0.05) is 18.2 Å². The molecule has 0 amide bonds. The molecular formula is C13H17N3O3S. The summed E-state index contributed by atoms with van der Waals surface area (Å²) in [7, 11) is -1.94. The van der Waals surface area contributed by atoms with Gasteiger partial charge < -0.3 is 9.72 Å². The largest absolute Gasteiger partial charge is 0.494 e. The van der Waals surface area contributed by atoms with Crippen molar-refractivity contribution in [3.8, 4) is 5.75 Å². The van der Waals surface area contributed by atoms with Crippen molar-refractivity contribution in [1.29, 1.82) is 0 Å². The molecule has 1 aromatic heterocycles. The van der Waals surface area contributed by atoms with Crippen molar-refractivity contribution in [2.45, 2.75) is 11.4 Å². The zero-order valence-electron chi connectivity index (χ0n) is 11.2. The van der Waals surface area contributed by atoms with Gasteiger partial charge in [0.2, 0.25) is 0 Å². The molecule has 0 aliphatic heterocycles. The van der Waals surface area contributed by atoms with Gasteiger partial charge in [-0.15, -0.1) is 0 Å². The number of para-hydroxylation sites is 1. The number of ether oxygens (including phenoxy) is 1. The Morgan fingerprint density at radius 1 is 1.30 bits per heavy atom. The quantitative estimate of drug-likeness (QED) is 0.785. The molecule has 0 radical (unpaired) electrons. The van der Waals surface area contributed by atoms with Crippen LogP contribution in [-0.2, 0) is 10.0 Å². The Hall–Kier alpha value is -1.86. The fourth-order valence-electron chi connectivity index (χ4n) is 1.67. The minimum Gasteiger partial charge on any atom is -0.494 e. The van der Waals surface area contributed by atoms with Crippen molar-refractivity contribution in [3.05, 3.63) is 42.9 Å². The molecule has 0 atom stereocenters. The summed E-state index contributed by atoms with van der Waals surface area (Å²) in [4.78, 5) is 6.32. The number of nitrogens with one attached hydrogen (secondary N) is 1. The van der Waals surface area contributed by atoms with E-state index in [1.807, 2.05) is 30.3 Å². The summed E-state index contributed by atoms with van der Waals surface area (Å²) in [5, 5.41) is 0.101. The molecule has 1 N–H and O–H groups in total. The standard InChI is InChI=1S/C13H17N3O3S/c1-16(20(17,18)13-10-14-11-15-13)8-5-9-19-12-6-3-2-4-7-12/h2-4,6-7,10-11H,5,8-9H2,1H3,(H,14,15). The van der Waals surface area contributed by atoms with Crippen LogP contribution in [0.2, 0.25) is 0 Å². The third kappa shape index (κ3) is 3.58. The average Bonchev–Trinajstić information content (AvgIpc) is 2.99. The Balaban J connectivity index is 1.80. The summed E-state index contributed by atoms with van der Waals surface area (Å²) in [5.41, 5.74) is 0. The van der Waals surface area contributed by atoms with Crippen LogP contribution in [0.25, 0.3) is 0 Å². The van der Waals surface area contributed by atoms with E-state index in [0.717, 1.165) is 5.75 Å². The lowest BCUT2D eigenvalue weighted by Crippen LogP contribution is -2.29. The van der Waals surface area contributed by atoms with Gasteiger partial charge in [0, 0.05) is 13.6 Å². The number of nitrogens with zero attached hydrogens (tertiary/aromatic N) is 2. The number of aromatic amines is 1. The second-order valence-corrected chi connectivity index (χ2v) is 6.27. The molecule has 6 nitrogen and oxygen atoms in total. The number of imidazole rings is 1. The summed E-state index contributed by atoms with van der Waals surface area (Å²) in [6.45, 7) is 0.848.